The Bertz CT molecular complexity index is 597. The molecule has 1 heterocycles. The van der Waals surface area contributed by atoms with Gasteiger partial charge in [0.2, 0.25) is 11.8 Å². The first-order chi connectivity index (χ1) is 10.0. The molecule has 2 bridgehead atoms. The summed E-state index contributed by atoms with van der Waals surface area (Å²) in [5.74, 6) is 2.03. The van der Waals surface area contributed by atoms with Crippen LogP contribution in [-0.4, -0.2) is 11.8 Å². The Hall–Kier alpha value is -1.06. The topological polar surface area (TPSA) is 37.4 Å². The first kappa shape index (κ1) is 13.6. The molecule has 2 amide bonds. The lowest BCUT2D eigenvalue weighted by Crippen LogP contribution is -2.40. The fourth-order valence-electron chi connectivity index (χ4n) is 4.25. The lowest BCUT2D eigenvalue weighted by Gasteiger charge is -2.27. The normalized spacial score (nSPS) is 34.5. The molecule has 3 unspecified atom stereocenters. The van der Waals surface area contributed by atoms with Gasteiger partial charge < -0.3 is 0 Å². The SMILES string of the molecule is O=C1CC2CC(CC(=O)N1c1cc(Cl)cc(Cl)c1)[C@H]1CC21. The quantitative estimate of drug-likeness (QED) is 0.734. The Balaban J connectivity index is 1.70. The van der Waals surface area contributed by atoms with Gasteiger partial charge in [0, 0.05) is 22.9 Å². The summed E-state index contributed by atoms with van der Waals surface area (Å²) in [5.41, 5.74) is 0.498. The molecule has 3 fully saturated rings. The first-order valence-electron chi connectivity index (χ1n) is 7.35. The largest absolute Gasteiger partial charge is 0.274 e. The van der Waals surface area contributed by atoms with E-state index in [0.29, 0.717) is 52.2 Å². The van der Waals surface area contributed by atoms with Crippen LogP contribution in [0.2, 0.25) is 10.0 Å². The molecule has 5 heteroatoms. The highest BCUT2D eigenvalue weighted by Crippen LogP contribution is 2.61. The number of carbonyl (C=O) groups excluding carboxylic acids is 2. The van der Waals surface area contributed by atoms with E-state index in [4.69, 9.17) is 23.2 Å². The zero-order valence-corrected chi connectivity index (χ0v) is 12.9. The fraction of sp³-hybridized carbons (Fsp3) is 0.500. The summed E-state index contributed by atoms with van der Waals surface area (Å²) in [6.07, 6.45) is 3.18. The average molecular weight is 324 g/mol. The summed E-state index contributed by atoms with van der Waals surface area (Å²) in [5, 5.41) is 0.872. The number of nitrogens with zero attached hydrogens (tertiary/aromatic N) is 1. The zero-order valence-electron chi connectivity index (χ0n) is 11.4. The van der Waals surface area contributed by atoms with Gasteiger partial charge in [0.25, 0.3) is 0 Å². The van der Waals surface area contributed by atoms with Gasteiger partial charge in [0.1, 0.15) is 0 Å². The van der Waals surface area contributed by atoms with Crippen LogP contribution < -0.4 is 4.90 Å². The molecule has 1 aromatic rings. The van der Waals surface area contributed by atoms with E-state index in [0.717, 1.165) is 6.42 Å². The van der Waals surface area contributed by atoms with Gasteiger partial charge in [-0.2, -0.15) is 0 Å². The maximum Gasteiger partial charge on any atom is 0.234 e. The van der Waals surface area contributed by atoms with E-state index in [1.807, 2.05) is 0 Å². The van der Waals surface area contributed by atoms with Gasteiger partial charge in [-0.1, -0.05) is 23.2 Å². The Kier molecular flexibility index (Phi) is 3.05. The third kappa shape index (κ3) is 2.27. The van der Waals surface area contributed by atoms with E-state index < -0.39 is 0 Å². The molecule has 2 aliphatic carbocycles. The van der Waals surface area contributed by atoms with Crippen LogP contribution in [0.3, 0.4) is 0 Å². The molecule has 3 aliphatic rings. The number of hydrogen-bond acceptors (Lipinski definition) is 2. The zero-order chi connectivity index (χ0) is 14.7. The number of imide groups is 1. The summed E-state index contributed by atoms with van der Waals surface area (Å²) >= 11 is 12.0. The van der Waals surface area contributed by atoms with Crippen LogP contribution in [0.5, 0.6) is 0 Å². The molecule has 0 radical (unpaired) electrons. The maximum absolute atomic E-state index is 12.6. The maximum atomic E-state index is 12.6. The molecule has 3 nitrogen and oxygen atoms in total. The van der Waals surface area contributed by atoms with Gasteiger partial charge in [-0.3, -0.25) is 14.5 Å². The van der Waals surface area contributed by atoms with Crippen LogP contribution in [0.4, 0.5) is 5.69 Å². The van der Waals surface area contributed by atoms with Crippen molar-refractivity contribution in [1.29, 1.82) is 0 Å². The Morgan fingerprint density at radius 3 is 1.90 bits per heavy atom. The molecule has 4 atom stereocenters. The van der Waals surface area contributed by atoms with Crippen molar-refractivity contribution in [2.45, 2.75) is 25.7 Å². The van der Waals surface area contributed by atoms with Gasteiger partial charge in [0.15, 0.2) is 0 Å². The summed E-state index contributed by atoms with van der Waals surface area (Å²) in [7, 11) is 0. The number of anilines is 1. The monoisotopic (exact) mass is 323 g/mol. The van der Waals surface area contributed by atoms with E-state index in [1.54, 1.807) is 18.2 Å². The van der Waals surface area contributed by atoms with Crippen molar-refractivity contribution in [2.75, 3.05) is 4.90 Å². The molecular formula is C16H15Cl2NO2. The minimum Gasteiger partial charge on any atom is -0.274 e. The third-order valence-electron chi connectivity index (χ3n) is 5.19. The molecule has 1 aromatic carbocycles. The van der Waals surface area contributed by atoms with Gasteiger partial charge in [-0.15, -0.1) is 0 Å². The molecule has 0 spiro atoms. The number of rotatable bonds is 1. The van der Waals surface area contributed by atoms with E-state index in [9.17, 15) is 9.59 Å². The average Bonchev–Trinajstić information content (AvgIpc) is 3.08. The van der Waals surface area contributed by atoms with Gasteiger partial charge >= 0.3 is 0 Å². The van der Waals surface area contributed by atoms with Crippen LogP contribution >= 0.6 is 23.2 Å². The third-order valence-corrected chi connectivity index (χ3v) is 5.62. The van der Waals surface area contributed by atoms with Crippen molar-refractivity contribution in [1.82, 2.24) is 0 Å². The van der Waals surface area contributed by atoms with Crippen LogP contribution in [0, 0.1) is 23.7 Å². The second-order valence-electron chi connectivity index (χ2n) is 6.48. The number of benzene rings is 1. The van der Waals surface area contributed by atoms with E-state index in [-0.39, 0.29) is 11.8 Å². The lowest BCUT2D eigenvalue weighted by atomic mass is 9.90. The minimum atomic E-state index is -0.116. The summed E-state index contributed by atoms with van der Waals surface area (Å²) in [6, 6.07) is 4.87. The summed E-state index contributed by atoms with van der Waals surface area (Å²) in [6.45, 7) is 0. The van der Waals surface area contributed by atoms with Crippen LogP contribution in [-0.2, 0) is 9.59 Å². The predicted octanol–water partition coefficient (Wildman–Crippen LogP) is 3.92. The van der Waals surface area contributed by atoms with Crippen molar-refractivity contribution >= 4 is 40.7 Å². The summed E-state index contributed by atoms with van der Waals surface area (Å²) in [4.78, 5) is 26.4. The molecule has 2 saturated carbocycles. The molecule has 4 rings (SSSR count). The number of carbonyl (C=O) groups is 2. The highest BCUT2D eigenvalue weighted by Gasteiger charge is 2.56. The van der Waals surface area contributed by atoms with Gasteiger partial charge in [-0.25, -0.2) is 0 Å². The molecule has 110 valence electrons. The van der Waals surface area contributed by atoms with Gasteiger partial charge in [0.05, 0.1) is 5.69 Å². The first-order valence-corrected chi connectivity index (χ1v) is 8.10. The number of hydrogen-bond donors (Lipinski definition) is 0. The van der Waals surface area contributed by atoms with Crippen molar-refractivity contribution in [3.05, 3.63) is 28.2 Å². The van der Waals surface area contributed by atoms with E-state index in [1.165, 1.54) is 11.3 Å². The standard InChI is InChI=1S/C16H15Cl2NO2/c17-10-4-11(18)6-12(5-10)19-15(20)2-8-1-9(3-16(19)21)14-7-13(8)14/h4-6,8-9,13-14H,1-3,7H2/t8?,9?,13-,14?/m1/s1. The molecule has 0 N–H and O–H groups in total. The van der Waals surface area contributed by atoms with Crippen molar-refractivity contribution in [3.63, 3.8) is 0 Å². The van der Waals surface area contributed by atoms with E-state index >= 15 is 0 Å². The van der Waals surface area contributed by atoms with Crippen molar-refractivity contribution < 1.29 is 9.59 Å². The highest BCUT2D eigenvalue weighted by molar-refractivity contribution is 6.35. The smallest absolute Gasteiger partial charge is 0.234 e. The Morgan fingerprint density at radius 1 is 0.857 bits per heavy atom. The second-order valence-corrected chi connectivity index (χ2v) is 7.35. The van der Waals surface area contributed by atoms with Crippen LogP contribution in [0.15, 0.2) is 18.2 Å². The summed E-state index contributed by atoms with van der Waals surface area (Å²) < 4.78 is 0. The van der Waals surface area contributed by atoms with Crippen LogP contribution in [0.25, 0.3) is 0 Å². The number of amides is 2. The molecule has 0 aromatic heterocycles. The van der Waals surface area contributed by atoms with Crippen LogP contribution in [0.1, 0.15) is 25.7 Å². The van der Waals surface area contributed by atoms with Gasteiger partial charge in [-0.05, 0) is 54.7 Å². The molecule has 21 heavy (non-hydrogen) atoms. The Labute approximate surface area is 133 Å². The lowest BCUT2D eigenvalue weighted by molar-refractivity contribution is -0.128. The molecule has 1 aliphatic heterocycles. The van der Waals surface area contributed by atoms with E-state index in [2.05, 4.69) is 0 Å². The van der Waals surface area contributed by atoms with Crippen molar-refractivity contribution in [2.24, 2.45) is 23.7 Å². The number of fused-ring (bicyclic) bond motifs is 5. The number of halogens is 2. The Morgan fingerprint density at radius 2 is 1.38 bits per heavy atom. The highest BCUT2D eigenvalue weighted by atomic mass is 35.5. The second kappa shape index (κ2) is 4.72. The minimum absolute atomic E-state index is 0.116. The molecule has 1 saturated heterocycles. The fourth-order valence-corrected chi connectivity index (χ4v) is 4.77. The van der Waals surface area contributed by atoms with Crippen molar-refractivity contribution in [3.8, 4) is 0 Å². The molecular weight excluding hydrogens is 309 g/mol. The predicted molar refractivity (Wildman–Crippen MR) is 81.4 cm³/mol.